The van der Waals surface area contributed by atoms with Crippen molar-refractivity contribution in [1.82, 2.24) is 24.1 Å². The van der Waals surface area contributed by atoms with Gasteiger partial charge in [-0.05, 0) is 54.5 Å². The van der Waals surface area contributed by atoms with E-state index in [1.54, 1.807) is 48.9 Å². The summed E-state index contributed by atoms with van der Waals surface area (Å²) in [6, 6.07) is 5.54. The van der Waals surface area contributed by atoms with Gasteiger partial charge in [-0.1, -0.05) is 13.8 Å². The lowest BCUT2D eigenvalue weighted by Gasteiger charge is -2.31. The third kappa shape index (κ3) is 4.30. The average Bonchev–Trinajstić information content (AvgIpc) is 3.40. The van der Waals surface area contributed by atoms with Crippen molar-refractivity contribution in [3.8, 4) is 11.1 Å². The van der Waals surface area contributed by atoms with Crippen molar-refractivity contribution in [2.75, 3.05) is 16.8 Å². The number of hydrogen-bond donors (Lipinski definition) is 2. The first-order chi connectivity index (χ1) is 18.6. The molecule has 10 heteroatoms. The Bertz CT molecular complexity index is 1670. The molecule has 0 spiro atoms. The maximum absolute atomic E-state index is 13.7. The van der Waals surface area contributed by atoms with Crippen LogP contribution in [-0.4, -0.2) is 41.6 Å². The molecule has 200 valence electrons. The topological polar surface area (TPSA) is 118 Å². The third-order valence-electron chi connectivity index (χ3n) is 7.61. The molecule has 2 aliphatic rings. The zero-order valence-corrected chi connectivity index (χ0v) is 22.5. The summed E-state index contributed by atoms with van der Waals surface area (Å²) in [6.07, 6.45) is 8.46. The Hall–Kier alpha value is -4.31. The van der Waals surface area contributed by atoms with E-state index in [1.807, 2.05) is 13.0 Å². The van der Waals surface area contributed by atoms with Crippen LogP contribution >= 0.6 is 0 Å². The summed E-state index contributed by atoms with van der Waals surface area (Å²) >= 11 is 0. The molecule has 10 nitrogen and oxygen atoms in total. The van der Waals surface area contributed by atoms with E-state index in [2.05, 4.69) is 38.7 Å². The number of carbonyl (C=O) groups is 1. The summed E-state index contributed by atoms with van der Waals surface area (Å²) < 4.78 is 3.63. The number of pyridine rings is 2. The van der Waals surface area contributed by atoms with Crippen molar-refractivity contribution in [3.63, 3.8) is 0 Å². The first kappa shape index (κ1) is 25.0. The Balaban J connectivity index is 1.37. The molecule has 0 saturated carbocycles. The monoisotopic (exact) mass is 525 g/mol. The smallest absolute Gasteiger partial charge is 0.276 e. The van der Waals surface area contributed by atoms with Gasteiger partial charge in [-0.25, -0.2) is 9.97 Å². The van der Waals surface area contributed by atoms with Crippen LogP contribution in [-0.2, 0) is 33.0 Å². The quantitative estimate of drug-likeness (QED) is 0.410. The molecule has 0 unspecified atom stereocenters. The molecule has 1 amide bonds. The largest absolute Gasteiger partial charge is 0.392 e. The fourth-order valence-corrected chi connectivity index (χ4v) is 5.80. The fraction of sp³-hybridized carbons (Fsp3) is 0.345. The van der Waals surface area contributed by atoms with Crippen LogP contribution < -0.4 is 15.8 Å². The molecular formula is C29H31N7O3. The van der Waals surface area contributed by atoms with E-state index in [9.17, 15) is 14.7 Å². The van der Waals surface area contributed by atoms with Crippen LogP contribution in [0.4, 0.5) is 17.3 Å². The highest BCUT2D eigenvalue weighted by Crippen LogP contribution is 2.40. The number of aliphatic hydroxyl groups is 1. The van der Waals surface area contributed by atoms with Gasteiger partial charge in [0.25, 0.3) is 11.5 Å². The number of hydrogen-bond acceptors (Lipinski definition) is 7. The molecule has 0 radical (unpaired) electrons. The van der Waals surface area contributed by atoms with Gasteiger partial charge in [-0.2, -0.15) is 0 Å². The second-order valence-corrected chi connectivity index (χ2v) is 11.2. The zero-order chi connectivity index (χ0) is 27.5. The number of fused-ring (bicyclic) bond motifs is 3. The number of aryl methyl sites for hydroxylation is 2. The van der Waals surface area contributed by atoms with Crippen molar-refractivity contribution in [1.29, 1.82) is 0 Å². The van der Waals surface area contributed by atoms with Crippen LogP contribution in [0.2, 0.25) is 0 Å². The van der Waals surface area contributed by atoms with Crippen molar-refractivity contribution >= 4 is 23.2 Å². The lowest BCUT2D eigenvalue weighted by Crippen LogP contribution is -2.41. The van der Waals surface area contributed by atoms with Crippen LogP contribution in [0.25, 0.3) is 11.1 Å². The summed E-state index contributed by atoms with van der Waals surface area (Å²) in [5, 5.41) is 13.6. The van der Waals surface area contributed by atoms with Gasteiger partial charge in [0.1, 0.15) is 23.0 Å². The number of rotatable bonds is 5. The number of nitrogens with one attached hydrogen (secondary N) is 1. The van der Waals surface area contributed by atoms with Gasteiger partial charge in [0.15, 0.2) is 0 Å². The van der Waals surface area contributed by atoms with Gasteiger partial charge >= 0.3 is 0 Å². The molecule has 5 heterocycles. The predicted octanol–water partition coefficient (Wildman–Crippen LogP) is 3.37. The van der Waals surface area contributed by atoms with Crippen LogP contribution in [0.1, 0.15) is 46.9 Å². The van der Waals surface area contributed by atoms with Crippen LogP contribution in [0, 0.1) is 12.3 Å². The molecule has 0 aromatic carbocycles. The molecule has 2 N–H and O–H groups in total. The Labute approximate surface area is 226 Å². The normalized spacial score (nSPS) is 15.8. The third-order valence-corrected chi connectivity index (χ3v) is 7.61. The van der Waals surface area contributed by atoms with Crippen molar-refractivity contribution in [2.24, 2.45) is 12.5 Å². The van der Waals surface area contributed by atoms with E-state index in [0.29, 0.717) is 52.8 Å². The highest BCUT2D eigenvalue weighted by atomic mass is 16.3. The van der Waals surface area contributed by atoms with Gasteiger partial charge in [0, 0.05) is 49.4 Å². The molecule has 0 bridgehead atoms. The predicted molar refractivity (Wildman–Crippen MR) is 148 cm³/mol. The summed E-state index contributed by atoms with van der Waals surface area (Å²) in [4.78, 5) is 41.3. The minimum atomic E-state index is -0.316. The molecule has 1 aliphatic carbocycles. The molecule has 39 heavy (non-hydrogen) atoms. The van der Waals surface area contributed by atoms with E-state index < -0.39 is 0 Å². The van der Waals surface area contributed by atoms with E-state index in [1.165, 1.54) is 15.8 Å². The fourth-order valence-electron chi connectivity index (χ4n) is 5.80. The number of aliphatic hydroxyl groups excluding tert-OH is 1. The SMILES string of the molecule is Cc1cnc(Nc2cc(-c3ccnc(N4CCn5c(cc6c5CC(C)(C)C6)C4=O)c3CO)cn(C)c2=O)cn1. The Kier molecular flexibility index (Phi) is 5.87. The van der Waals surface area contributed by atoms with E-state index in [0.717, 1.165) is 18.5 Å². The highest BCUT2D eigenvalue weighted by molar-refractivity contribution is 6.06. The van der Waals surface area contributed by atoms with Crippen LogP contribution in [0.5, 0.6) is 0 Å². The van der Waals surface area contributed by atoms with Crippen LogP contribution in [0.15, 0.2) is 47.8 Å². The van der Waals surface area contributed by atoms with E-state index in [-0.39, 0.29) is 23.5 Å². The molecule has 4 aromatic rings. The Morgan fingerprint density at radius 3 is 2.64 bits per heavy atom. The van der Waals surface area contributed by atoms with Gasteiger partial charge in [0.2, 0.25) is 0 Å². The summed E-state index contributed by atoms with van der Waals surface area (Å²) in [5.74, 6) is 0.763. The first-order valence-electron chi connectivity index (χ1n) is 13.0. The highest BCUT2D eigenvalue weighted by Gasteiger charge is 2.37. The van der Waals surface area contributed by atoms with Crippen molar-refractivity contribution < 1.29 is 9.90 Å². The molecule has 0 atom stereocenters. The average molecular weight is 526 g/mol. The van der Waals surface area contributed by atoms with Gasteiger partial charge in [-0.3, -0.25) is 19.5 Å². The molecule has 6 rings (SSSR count). The minimum Gasteiger partial charge on any atom is -0.392 e. The number of amides is 1. The molecular weight excluding hydrogens is 494 g/mol. The summed E-state index contributed by atoms with van der Waals surface area (Å²) in [5.41, 5.74) is 6.16. The standard InChI is InChI=1S/C29H31N7O3/c1-17-13-32-25(14-31-17)33-22-9-19(15-34(4)27(22)38)20-5-6-30-26(21(20)16-37)36-8-7-35-23(28(36)39)10-18-11-29(2,3)12-24(18)35/h5-6,9-10,13-15,37H,7-8,11-12,16H2,1-4H3,(H,32,33). The Morgan fingerprint density at radius 1 is 1.08 bits per heavy atom. The zero-order valence-electron chi connectivity index (χ0n) is 22.5. The maximum Gasteiger partial charge on any atom is 0.276 e. The molecule has 4 aromatic heterocycles. The first-order valence-corrected chi connectivity index (χ1v) is 13.0. The number of carbonyl (C=O) groups excluding carboxylic acids is 1. The molecule has 0 saturated heterocycles. The van der Waals surface area contributed by atoms with E-state index >= 15 is 0 Å². The van der Waals surface area contributed by atoms with Crippen molar-refractivity contribution in [3.05, 3.63) is 81.5 Å². The molecule has 1 aliphatic heterocycles. The number of aromatic nitrogens is 5. The second-order valence-electron chi connectivity index (χ2n) is 11.2. The van der Waals surface area contributed by atoms with Gasteiger partial charge in [0.05, 0.1) is 24.7 Å². The number of anilines is 3. The summed E-state index contributed by atoms with van der Waals surface area (Å²) in [6.45, 7) is 7.18. The second kappa shape index (κ2) is 9.16. The lowest BCUT2D eigenvalue weighted by atomic mass is 9.90. The maximum atomic E-state index is 13.7. The van der Waals surface area contributed by atoms with Crippen molar-refractivity contribution in [2.45, 2.75) is 46.8 Å². The minimum absolute atomic E-state index is 0.117. The van der Waals surface area contributed by atoms with E-state index in [4.69, 9.17) is 0 Å². The molecule has 0 fully saturated rings. The Morgan fingerprint density at radius 2 is 1.90 bits per heavy atom. The van der Waals surface area contributed by atoms with Gasteiger partial charge in [-0.15, -0.1) is 0 Å². The number of nitrogens with zero attached hydrogens (tertiary/aromatic N) is 6. The van der Waals surface area contributed by atoms with Gasteiger partial charge < -0.3 is 19.6 Å². The lowest BCUT2D eigenvalue weighted by molar-refractivity contribution is 0.0962. The van der Waals surface area contributed by atoms with Crippen LogP contribution in [0.3, 0.4) is 0 Å². The summed E-state index contributed by atoms with van der Waals surface area (Å²) in [7, 11) is 1.67.